The summed E-state index contributed by atoms with van der Waals surface area (Å²) in [5.41, 5.74) is 0. The molecule has 0 aromatic heterocycles. The molecular weight excluding hydrogens is 781 g/mol. The van der Waals surface area contributed by atoms with E-state index in [9.17, 15) is 14.4 Å². The summed E-state index contributed by atoms with van der Waals surface area (Å²) in [6.45, 7) is 6.38. The highest BCUT2D eigenvalue weighted by molar-refractivity contribution is 5.71. The summed E-state index contributed by atoms with van der Waals surface area (Å²) in [6.07, 6.45) is 67.8. The maximum atomic E-state index is 12.8. The Labute approximate surface area is 387 Å². The smallest absolute Gasteiger partial charge is 0.306 e. The lowest BCUT2D eigenvalue weighted by molar-refractivity contribution is -0.167. The summed E-state index contributed by atoms with van der Waals surface area (Å²) >= 11 is 0. The number of ether oxygens (including phenoxy) is 3. The molecule has 0 amide bonds. The Morgan fingerprint density at radius 1 is 0.333 bits per heavy atom. The van der Waals surface area contributed by atoms with Crippen molar-refractivity contribution in [1.29, 1.82) is 0 Å². The van der Waals surface area contributed by atoms with Gasteiger partial charge in [0.25, 0.3) is 0 Å². The highest BCUT2D eigenvalue weighted by Gasteiger charge is 2.19. The Bertz CT molecular complexity index is 1330. The van der Waals surface area contributed by atoms with Crippen molar-refractivity contribution >= 4 is 17.9 Å². The molecule has 0 radical (unpaired) electrons. The predicted octanol–water partition coefficient (Wildman–Crippen LogP) is 16.8. The van der Waals surface area contributed by atoms with Gasteiger partial charge >= 0.3 is 17.9 Å². The Morgan fingerprint density at radius 3 is 1.06 bits per heavy atom. The summed E-state index contributed by atoms with van der Waals surface area (Å²) < 4.78 is 16.7. The lowest BCUT2D eigenvalue weighted by atomic mass is 10.1. The summed E-state index contributed by atoms with van der Waals surface area (Å²) in [6, 6.07) is 0. The number of rotatable bonds is 44. The second-order valence-electron chi connectivity index (χ2n) is 16.5. The molecule has 0 aliphatic heterocycles. The molecular formula is C57H92O6. The fourth-order valence-corrected chi connectivity index (χ4v) is 6.57. The van der Waals surface area contributed by atoms with Crippen LogP contribution in [0.4, 0.5) is 0 Å². The first-order valence-electron chi connectivity index (χ1n) is 25.5. The van der Waals surface area contributed by atoms with Crippen LogP contribution in [-0.2, 0) is 28.6 Å². The third kappa shape index (κ3) is 49.0. The molecule has 6 heteroatoms. The Morgan fingerprint density at radius 2 is 0.635 bits per heavy atom. The van der Waals surface area contributed by atoms with Gasteiger partial charge in [-0.15, -0.1) is 0 Å². The molecule has 0 aromatic carbocycles. The number of hydrogen-bond donors (Lipinski definition) is 0. The molecule has 0 heterocycles. The molecule has 0 fully saturated rings. The van der Waals surface area contributed by atoms with Crippen molar-refractivity contribution in [2.45, 2.75) is 219 Å². The van der Waals surface area contributed by atoms with E-state index >= 15 is 0 Å². The van der Waals surface area contributed by atoms with Crippen molar-refractivity contribution in [2.24, 2.45) is 0 Å². The summed E-state index contributed by atoms with van der Waals surface area (Å²) in [5.74, 6) is -0.986. The molecule has 0 saturated carbocycles. The molecule has 0 saturated heterocycles. The van der Waals surface area contributed by atoms with Crippen LogP contribution >= 0.6 is 0 Å². The maximum Gasteiger partial charge on any atom is 0.306 e. The molecule has 0 N–H and O–H groups in total. The number of esters is 3. The quantitative estimate of drug-likeness (QED) is 0.0199. The average molecular weight is 873 g/mol. The van der Waals surface area contributed by atoms with E-state index in [1.165, 1.54) is 64.2 Å². The minimum Gasteiger partial charge on any atom is -0.462 e. The van der Waals surface area contributed by atoms with Crippen LogP contribution in [0.1, 0.15) is 213 Å². The van der Waals surface area contributed by atoms with Gasteiger partial charge in [0.1, 0.15) is 13.2 Å². The van der Waals surface area contributed by atoms with Gasteiger partial charge in [0.05, 0.1) is 0 Å². The van der Waals surface area contributed by atoms with E-state index in [1.807, 2.05) is 48.6 Å². The SMILES string of the molecule is CC\C=C/C=C\C=C/C=C\C=C/CCCCCC(=O)OC(COC(=O)CCCCCCC\C=C/C=C\C=C/CCCCCCC)COC(=O)CCCCCCC/C=C\CCCCC. The maximum absolute atomic E-state index is 12.8. The van der Waals surface area contributed by atoms with Crippen molar-refractivity contribution in [2.75, 3.05) is 13.2 Å². The fourth-order valence-electron chi connectivity index (χ4n) is 6.57. The lowest BCUT2D eigenvalue weighted by Gasteiger charge is -2.18. The number of carbonyl (C=O) groups excluding carboxylic acids is 3. The number of allylic oxidation sites excluding steroid dienone is 18. The van der Waals surface area contributed by atoms with E-state index < -0.39 is 6.10 Å². The van der Waals surface area contributed by atoms with Crippen LogP contribution in [0, 0.1) is 0 Å². The zero-order valence-corrected chi connectivity index (χ0v) is 40.5. The van der Waals surface area contributed by atoms with Gasteiger partial charge in [-0.2, -0.15) is 0 Å². The van der Waals surface area contributed by atoms with Crippen LogP contribution in [0.3, 0.4) is 0 Å². The zero-order valence-electron chi connectivity index (χ0n) is 40.5. The topological polar surface area (TPSA) is 78.9 Å². The third-order valence-electron chi connectivity index (χ3n) is 10.4. The molecule has 0 aromatic rings. The second-order valence-corrected chi connectivity index (χ2v) is 16.5. The molecule has 63 heavy (non-hydrogen) atoms. The van der Waals surface area contributed by atoms with Crippen LogP contribution in [0.25, 0.3) is 0 Å². The molecule has 356 valence electrons. The van der Waals surface area contributed by atoms with Gasteiger partial charge < -0.3 is 14.2 Å². The normalized spacial score (nSPS) is 13.0. The minimum absolute atomic E-state index is 0.109. The third-order valence-corrected chi connectivity index (χ3v) is 10.4. The van der Waals surface area contributed by atoms with Crippen molar-refractivity contribution in [1.82, 2.24) is 0 Å². The molecule has 1 atom stereocenters. The van der Waals surface area contributed by atoms with Gasteiger partial charge in [-0.3, -0.25) is 14.4 Å². The van der Waals surface area contributed by atoms with E-state index in [-0.39, 0.29) is 37.5 Å². The number of carbonyl (C=O) groups is 3. The monoisotopic (exact) mass is 873 g/mol. The van der Waals surface area contributed by atoms with E-state index in [1.54, 1.807) is 0 Å². The Hall–Kier alpha value is -3.93. The van der Waals surface area contributed by atoms with E-state index in [0.29, 0.717) is 19.3 Å². The molecule has 6 nitrogen and oxygen atoms in total. The molecule has 1 unspecified atom stereocenters. The summed E-state index contributed by atoms with van der Waals surface area (Å²) in [5, 5.41) is 0. The highest BCUT2D eigenvalue weighted by Crippen LogP contribution is 2.13. The molecule has 0 rings (SSSR count). The van der Waals surface area contributed by atoms with Crippen LogP contribution in [0.5, 0.6) is 0 Å². The standard InChI is InChI=1S/C57H92O6/c1-4-7-10-13-16-19-22-25-27-28-29-31-32-35-38-41-44-47-50-56(59)62-53-54(52-61-55(58)49-46-43-40-37-34-24-21-18-15-12-9-6-3)63-57(60)51-48-45-42-39-36-33-30-26-23-20-17-14-11-8-5-2/h8,11,14,17-18,20-23,25-31,33,36,54H,4-7,9-10,12-13,15-16,19,24,32,34-35,37-53H2,1-3H3/b11-8-,17-14-,21-18-,23-20-,25-22-,28-27-,30-26-,31-29-,36-33-. The van der Waals surface area contributed by atoms with Gasteiger partial charge in [0.2, 0.25) is 0 Å². The lowest BCUT2D eigenvalue weighted by Crippen LogP contribution is -2.30. The van der Waals surface area contributed by atoms with Crippen LogP contribution in [0.2, 0.25) is 0 Å². The predicted molar refractivity (Wildman–Crippen MR) is 270 cm³/mol. The van der Waals surface area contributed by atoms with E-state index in [4.69, 9.17) is 14.2 Å². The number of unbranched alkanes of at least 4 members (excludes halogenated alkanes) is 21. The van der Waals surface area contributed by atoms with Gasteiger partial charge in [-0.05, 0) is 89.9 Å². The summed E-state index contributed by atoms with van der Waals surface area (Å²) in [4.78, 5) is 37.9. The van der Waals surface area contributed by atoms with Crippen LogP contribution in [0.15, 0.2) is 109 Å². The van der Waals surface area contributed by atoms with Crippen molar-refractivity contribution in [3.8, 4) is 0 Å². The van der Waals surface area contributed by atoms with Crippen LogP contribution in [-0.4, -0.2) is 37.2 Å². The minimum atomic E-state index is -0.813. The fraction of sp³-hybridized carbons (Fsp3) is 0.632. The van der Waals surface area contributed by atoms with E-state index in [0.717, 1.165) is 103 Å². The molecule has 0 bridgehead atoms. The van der Waals surface area contributed by atoms with Gasteiger partial charge in [0, 0.05) is 19.3 Å². The first-order chi connectivity index (χ1) is 31.0. The van der Waals surface area contributed by atoms with Gasteiger partial charge in [-0.25, -0.2) is 0 Å². The second kappa shape index (κ2) is 50.7. The largest absolute Gasteiger partial charge is 0.462 e. The van der Waals surface area contributed by atoms with Crippen LogP contribution < -0.4 is 0 Å². The van der Waals surface area contributed by atoms with Crippen molar-refractivity contribution in [3.63, 3.8) is 0 Å². The first kappa shape index (κ1) is 59.1. The molecule has 0 spiro atoms. The van der Waals surface area contributed by atoms with Crippen molar-refractivity contribution < 1.29 is 28.6 Å². The number of hydrogen-bond acceptors (Lipinski definition) is 6. The first-order valence-corrected chi connectivity index (χ1v) is 25.5. The van der Waals surface area contributed by atoms with Gasteiger partial charge in [0.15, 0.2) is 6.10 Å². The Balaban J connectivity index is 4.52. The van der Waals surface area contributed by atoms with E-state index in [2.05, 4.69) is 81.5 Å². The van der Waals surface area contributed by atoms with Gasteiger partial charge in [-0.1, -0.05) is 214 Å². The highest BCUT2D eigenvalue weighted by atomic mass is 16.6. The molecule has 0 aliphatic rings. The average Bonchev–Trinajstić information content (AvgIpc) is 3.28. The summed E-state index contributed by atoms with van der Waals surface area (Å²) in [7, 11) is 0. The molecule has 0 aliphatic carbocycles. The Kier molecular flexibility index (Phi) is 47.5. The van der Waals surface area contributed by atoms with Crippen molar-refractivity contribution in [3.05, 3.63) is 109 Å². The zero-order chi connectivity index (χ0) is 45.8.